The number of aromatic nitrogens is 2. The molecule has 0 saturated heterocycles. The average Bonchev–Trinajstić information content (AvgIpc) is 2.91. The zero-order valence-corrected chi connectivity index (χ0v) is 12.4. The van der Waals surface area contributed by atoms with Gasteiger partial charge in [0.05, 0.1) is 16.2 Å². The first-order valence-electron chi connectivity index (χ1n) is 6.68. The van der Waals surface area contributed by atoms with Crippen molar-refractivity contribution in [3.63, 3.8) is 0 Å². The van der Waals surface area contributed by atoms with E-state index in [1.807, 2.05) is 0 Å². The van der Waals surface area contributed by atoms with Crippen LogP contribution >= 0.6 is 11.6 Å². The van der Waals surface area contributed by atoms with E-state index >= 15 is 0 Å². The predicted molar refractivity (Wildman–Crippen MR) is 80.6 cm³/mol. The zero-order valence-electron chi connectivity index (χ0n) is 11.6. The van der Waals surface area contributed by atoms with E-state index in [2.05, 4.69) is 4.98 Å². The van der Waals surface area contributed by atoms with Crippen molar-refractivity contribution in [1.29, 1.82) is 0 Å². The molecule has 1 N–H and O–H groups in total. The molecule has 0 fully saturated rings. The summed E-state index contributed by atoms with van der Waals surface area (Å²) in [6.45, 7) is 0. The Labute approximate surface area is 134 Å². The second-order valence-electron chi connectivity index (χ2n) is 5.08. The van der Waals surface area contributed by atoms with E-state index < -0.39 is 22.5 Å². The van der Waals surface area contributed by atoms with Crippen molar-refractivity contribution in [2.75, 3.05) is 0 Å². The molecule has 1 atom stereocenters. The van der Waals surface area contributed by atoms with Gasteiger partial charge >= 0.3 is 5.97 Å². The van der Waals surface area contributed by atoms with Crippen LogP contribution in [0.3, 0.4) is 0 Å². The third kappa shape index (κ3) is 2.57. The van der Waals surface area contributed by atoms with Gasteiger partial charge in [0.25, 0.3) is 11.2 Å². The van der Waals surface area contributed by atoms with Gasteiger partial charge in [-0.2, -0.15) is 0 Å². The minimum atomic E-state index is -1.10. The lowest BCUT2D eigenvalue weighted by atomic mass is 10.1. The molecule has 1 aliphatic rings. The van der Waals surface area contributed by atoms with Gasteiger partial charge in [-0.15, -0.1) is 0 Å². The first-order chi connectivity index (χ1) is 10.9. The minimum absolute atomic E-state index is 0.112. The maximum Gasteiger partial charge on any atom is 0.326 e. The van der Waals surface area contributed by atoms with E-state index in [1.165, 1.54) is 18.2 Å². The highest BCUT2D eigenvalue weighted by Crippen LogP contribution is 2.32. The summed E-state index contributed by atoms with van der Waals surface area (Å²) >= 11 is 5.88. The molecule has 118 valence electrons. The molecule has 23 heavy (non-hydrogen) atoms. The van der Waals surface area contributed by atoms with E-state index in [-0.39, 0.29) is 28.4 Å². The van der Waals surface area contributed by atoms with Crippen molar-refractivity contribution in [3.8, 4) is 11.3 Å². The summed E-state index contributed by atoms with van der Waals surface area (Å²) in [6.07, 6.45) is 0.576. The number of nitro groups is 1. The summed E-state index contributed by atoms with van der Waals surface area (Å²) in [7, 11) is 0. The van der Waals surface area contributed by atoms with Crippen LogP contribution in [-0.2, 0) is 11.2 Å². The first-order valence-corrected chi connectivity index (χ1v) is 7.06. The maximum absolute atomic E-state index is 12.2. The Bertz CT molecular complexity index is 892. The number of benzene rings is 1. The quantitative estimate of drug-likeness (QED) is 0.678. The molecule has 0 spiro atoms. The highest BCUT2D eigenvalue weighted by molar-refractivity contribution is 6.31. The fourth-order valence-corrected chi connectivity index (χ4v) is 2.86. The number of carboxylic acid groups (broad SMARTS) is 1. The summed E-state index contributed by atoms with van der Waals surface area (Å²) < 4.78 is 1.11. The second-order valence-corrected chi connectivity index (χ2v) is 5.51. The van der Waals surface area contributed by atoms with Gasteiger partial charge in [-0.1, -0.05) is 11.6 Å². The number of rotatable bonds is 3. The highest BCUT2D eigenvalue weighted by Gasteiger charge is 2.31. The summed E-state index contributed by atoms with van der Waals surface area (Å²) in [5.41, 5.74) is -0.536. The van der Waals surface area contributed by atoms with Crippen molar-refractivity contribution in [2.45, 2.75) is 18.9 Å². The van der Waals surface area contributed by atoms with E-state index in [0.29, 0.717) is 12.2 Å². The van der Waals surface area contributed by atoms with Gasteiger partial charge in [-0.05, 0) is 18.6 Å². The van der Waals surface area contributed by atoms with Crippen molar-refractivity contribution in [1.82, 2.24) is 9.55 Å². The molecule has 2 aromatic rings. The van der Waals surface area contributed by atoms with Crippen molar-refractivity contribution in [2.24, 2.45) is 0 Å². The Hall–Kier alpha value is -2.74. The fourth-order valence-electron chi connectivity index (χ4n) is 2.69. The van der Waals surface area contributed by atoms with Crippen LogP contribution in [0.2, 0.25) is 5.02 Å². The number of aliphatic carboxylic acids is 1. The molecule has 2 heterocycles. The lowest BCUT2D eigenvalue weighted by molar-refractivity contribution is -0.384. The van der Waals surface area contributed by atoms with Gasteiger partial charge in [-0.3, -0.25) is 19.5 Å². The molecule has 1 unspecified atom stereocenters. The van der Waals surface area contributed by atoms with E-state index in [9.17, 15) is 19.7 Å². The van der Waals surface area contributed by atoms with Crippen molar-refractivity contribution in [3.05, 3.63) is 55.6 Å². The lowest BCUT2D eigenvalue weighted by Crippen LogP contribution is -2.28. The lowest BCUT2D eigenvalue weighted by Gasteiger charge is -2.10. The van der Waals surface area contributed by atoms with Crippen LogP contribution in [0.15, 0.2) is 29.1 Å². The number of hydrogen-bond donors (Lipinski definition) is 1. The summed E-state index contributed by atoms with van der Waals surface area (Å²) in [5.74, 6) is -0.802. The van der Waals surface area contributed by atoms with Gasteiger partial charge in [-0.25, -0.2) is 9.78 Å². The Morgan fingerprint density at radius 3 is 2.83 bits per heavy atom. The molecule has 8 nitrogen and oxygen atoms in total. The minimum Gasteiger partial charge on any atom is -0.480 e. The standard InChI is InChI=1S/C14H10ClN3O5/c15-7-1-2-10(18(22)23)8(5-7)9-6-13(19)17-11(14(20)21)3-4-12(17)16-9/h1-2,5-6,11H,3-4H2,(H,20,21). The smallest absolute Gasteiger partial charge is 0.326 e. The molecule has 0 aliphatic carbocycles. The third-order valence-corrected chi connectivity index (χ3v) is 3.93. The molecule has 1 aromatic carbocycles. The van der Waals surface area contributed by atoms with E-state index in [1.54, 1.807) is 0 Å². The largest absolute Gasteiger partial charge is 0.480 e. The number of nitrogens with zero attached hydrogens (tertiary/aromatic N) is 3. The number of hydrogen-bond acceptors (Lipinski definition) is 5. The number of halogens is 1. The third-order valence-electron chi connectivity index (χ3n) is 3.69. The molecule has 3 rings (SSSR count). The van der Waals surface area contributed by atoms with Gasteiger partial charge in [0, 0.05) is 23.6 Å². The Balaban J connectivity index is 2.20. The number of aryl methyl sites for hydroxylation is 1. The molecule has 0 amide bonds. The number of fused-ring (bicyclic) bond motifs is 1. The highest BCUT2D eigenvalue weighted by atomic mass is 35.5. The molecule has 0 radical (unpaired) electrons. The average molecular weight is 336 g/mol. The summed E-state index contributed by atoms with van der Waals surface area (Å²) in [4.78, 5) is 38.2. The van der Waals surface area contributed by atoms with Crippen LogP contribution in [-0.4, -0.2) is 25.6 Å². The fraction of sp³-hybridized carbons (Fsp3) is 0.214. The molecule has 1 aromatic heterocycles. The van der Waals surface area contributed by atoms with Crippen LogP contribution in [0.4, 0.5) is 5.69 Å². The Morgan fingerprint density at radius 1 is 1.43 bits per heavy atom. The topological polar surface area (TPSA) is 115 Å². The SMILES string of the molecule is O=C(O)C1CCc2nc(-c3cc(Cl)ccc3[N+](=O)[O-])cc(=O)n21. The molecular formula is C14H10ClN3O5. The van der Waals surface area contributed by atoms with Crippen LogP contribution in [0.5, 0.6) is 0 Å². The zero-order chi connectivity index (χ0) is 16.7. The molecular weight excluding hydrogens is 326 g/mol. The van der Waals surface area contributed by atoms with Crippen molar-refractivity contribution < 1.29 is 14.8 Å². The Kier molecular flexibility index (Phi) is 3.61. The first kappa shape index (κ1) is 15.2. The number of nitro benzene ring substituents is 1. The van der Waals surface area contributed by atoms with Gasteiger partial charge in [0.15, 0.2) is 0 Å². The van der Waals surface area contributed by atoms with E-state index in [0.717, 1.165) is 10.6 Å². The van der Waals surface area contributed by atoms with Gasteiger partial charge in [0.2, 0.25) is 0 Å². The monoisotopic (exact) mass is 335 g/mol. The van der Waals surface area contributed by atoms with Gasteiger partial charge in [0.1, 0.15) is 11.9 Å². The van der Waals surface area contributed by atoms with Crippen molar-refractivity contribution >= 4 is 23.3 Å². The summed E-state index contributed by atoms with van der Waals surface area (Å²) in [5, 5.41) is 20.5. The number of carbonyl (C=O) groups is 1. The summed E-state index contributed by atoms with van der Waals surface area (Å²) in [6, 6.07) is 4.13. The van der Waals surface area contributed by atoms with Gasteiger partial charge < -0.3 is 5.11 Å². The van der Waals surface area contributed by atoms with Crippen LogP contribution < -0.4 is 5.56 Å². The Morgan fingerprint density at radius 2 is 2.17 bits per heavy atom. The molecule has 0 saturated carbocycles. The molecule has 1 aliphatic heterocycles. The van der Waals surface area contributed by atoms with E-state index in [4.69, 9.17) is 16.7 Å². The molecule has 9 heteroatoms. The second kappa shape index (κ2) is 5.47. The van der Waals surface area contributed by atoms with Crippen LogP contribution in [0, 0.1) is 10.1 Å². The normalized spacial score (nSPS) is 16.1. The predicted octanol–water partition coefficient (Wildman–Crippen LogP) is 2.04. The molecule has 0 bridgehead atoms. The van der Waals surface area contributed by atoms with Crippen LogP contribution in [0.25, 0.3) is 11.3 Å². The maximum atomic E-state index is 12.2. The number of carboxylic acids is 1. The van der Waals surface area contributed by atoms with Crippen LogP contribution in [0.1, 0.15) is 18.3 Å².